The van der Waals surface area contributed by atoms with Crippen molar-refractivity contribution in [3.05, 3.63) is 0 Å². The lowest BCUT2D eigenvalue weighted by atomic mass is 9.73. The molecule has 0 aromatic rings. The molecule has 0 aromatic heterocycles. The van der Waals surface area contributed by atoms with Crippen LogP contribution in [0.5, 0.6) is 0 Å². The van der Waals surface area contributed by atoms with Crippen molar-refractivity contribution in [1.82, 2.24) is 5.32 Å². The first kappa shape index (κ1) is 15.4. The molecular weight excluding hydrogens is 256 g/mol. The van der Waals surface area contributed by atoms with Crippen LogP contribution in [-0.2, 0) is 14.3 Å². The number of nitrogens with one attached hydrogen (secondary N) is 1. The average Bonchev–Trinajstić information content (AvgIpc) is 3.01. The number of carbonyl (C=O) groups is 2. The number of hydrogen-bond acceptors (Lipinski definition) is 5. The second-order valence-electron chi connectivity index (χ2n) is 6.02. The number of hydrogen-bond donors (Lipinski definition) is 2. The van der Waals surface area contributed by atoms with Crippen LogP contribution in [0.15, 0.2) is 0 Å². The molecule has 2 rings (SSSR count). The summed E-state index contributed by atoms with van der Waals surface area (Å²) < 4.78 is 4.76. The van der Waals surface area contributed by atoms with Gasteiger partial charge in [-0.05, 0) is 38.1 Å². The van der Waals surface area contributed by atoms with Gasteiger partial charge in [-0.2, -0.15) is 0 Å². The Morgan fingerprint density at radius 3 is 2.40 bits per heavy atom. The van der Waals surface area contributed by atoms with E-state index in [1.54, 1.807) is 0 Å². The average molecular weight is 282 g/mol. The molecule has 2 fully saturated rings. The van der Waals surface area contributed by atoms with Gasteiger partial charge in [0.15, 0.2) is 5.78 Å². The number of rotatable bonds is 5. The van der Waals surface area contributed by atoms with Gasteiger partial charge in [-0.25, -0.2) is 0 Å². The number of ketones is 1. The Bertz CT molecular complexity index is 347. The maximum Gasteiger partial charge on any atom is 0.323 e. The van der Waals surface area contributed by atoms with Gasteiger partial charge in [0.05, 0.1) is 13.2 Å². The van der Waals surface area contributed by atoms with Crippen molar-refractivity contribution >= 4 is 11.8 Å². The molecule has 114 valence electrons. The monoisotopic (exact) mass is 282 g/mol. The van der Waals surface area contributed by atoms with Crippen LogP contribution in [-0.4, -0.2) is 37.5 Å². The predicted octanol–water partition coefficient (Wildman–Crippen LogP) is 1.00. The molecule has 3 atom stereocenters. The minimum Gasteiger partial charge on any atom is -0.468 e. The number of nitrogens with two attached hydrogens (primary N) is 1. The van der Waals surface area contributed by atoms with Crippen molar-refractivity contribution in [1.29, 1.82) is 0 Å². The summed E-state index contributed by atoms with van der Waals surface area (Å²) in [6, 6.07) is -0.948. The highest BCUT2D eigenvalue weighted by molar-refractivity contribution is 5.92. The van der Waals surface area contributed by atoms with E-state index in [0.717, 1.165) is 45.1 Å². The predicted molar refractivity (Wildman–Crippen MR) is 76.1 cm³/mol. The molecule has 5 nitrogen and oxygen atoms in total. The van der Waals surface area contributed by atoms with E-state index in [4.69, 9.17) is 10.5 Å². The molecule has 1 aliphatic heterocycles. The normalized spacial score (nSPS) is 27.0. The molecule has 0 amide bonds. The van der Waals surface area contributed by atoms with E-state index >= 15 is 0 Å². The third-order valence-electron chi connectivity index (χ3n) is 4.75. The molecule has 3 N–H and O–H groups in total. The van der Waals surface area contributed by atoms with E-state index in [9.17, 15) is 9.59 Å². The zero-order valence-corrected chi connectivity index (χ0v) is 12.3. The lowest BCUT2D eigenvalue weighted by Gasteiger charge is -2.33. The van der Waals surface area contributed by atoms with Crippen LogP contribution in [0.1, 0.15) is 44.9 Å². The van der Waals surface area contributed by atoms with Gasteiger partial charge >= 0.3 is 5.97 Å². The Kier molecular flexibility index (Phi) is 5.54. The van der Waals surface area contributed by atoms with E-state index in [1.165, 1.54) is 13.5 Å². The van der Waals surface area contributed by atoms with Crippen LogP contribution in [0.2, 0.25) is 0 Å². The van der Waals surface area contributed by atoms with Crippen molar-refractivity contribution in [2.24, 2.45) is 17.6 Å². The summed E-state index contributed by atoms with van der Waals surface area (Å²) in [4.78, 5) is 24.6. The van der Waals surface area contributed by atoms with Gasteiger partial charge in [-0.1, -0.05) is 19.3 Å². The Labute approximate surface area is 120 Å². The van der Waals surface area contributed by atoms with Crippen molar-refractivity contribution in [3.63, 3.8) is 0 Å². The van der Waals surface area contributed by atoms with Gasteiger partial charge in [0, 0.05) is 5.92 Å². The largest absolute Gasteiger partial charge is 0.468 e. The summed E-state index contributed by atoms with van der Waals surface area (Å²) >= 11 is 0. The summed E-state index contributed by atoms with van der Waals surface area (Å²) in [5, 5.41) is 3.23. The molecule has 0 spiro atoms. The zero-order valence-electron chi connectivity index (χ0n) is 12.3. The fourth-order valence-electron chi connectivity index (χ4n) is 3.64. The fraction of sp³-hybridized carbons (Fsp3) is 0.867. The smallest absolute Gasteiger partial charge is 0.323 e. The summed E-state index contributed by atoms with van der Waals surface area (Å²) in [6.07, 6.45) is 7.33. The standard InChI is InChI=1S/C15H26N2O3/c1-20-15(19)13(16)12(10-6-3-2-4-7-10)14(18)11-8-5-9-17-11/h10-13,17H,2-9,16H2,1H3/t11-,12?,13-/m1/s1. The number of esters is 1. The molecule has 1 heterocycles. The molecule has 5 heteroatoms. The van der Waals surface area contributed by atoms with Gasteiger partial charge in [0.2, 0.25) is 0 Å². The summed E-state index contributed by atoms with van der Waals surface area (Å²) in [6.45, 7) is 0.876. The third-order valence-corrected chi connectivity index (χ3v) is 4.75. The van der Waals surface area contributed by atoms with E-state index < -0.39 is 17.9 Å². The third kappa shape index (κ3) is 3.38. The van der Waals surface area contributed by atoms with Crippen LogP contribution in [0.4, 0.5) is 0 Å². The Morgan fingerprint density at radius 1 is 1.15 bits per heavy atom. The topological polar surface area (TPSA) is 81.4 Å². The maximum absolute atomic E-state index is 12.8. The lowest BCUT2D eigenvalue weighted by Crippen LogP contribution is -2.51. The molecule has 1 saturated carbocycles. The molecule has 1 aliphatic carbocycles. The summed E-state index contributed by atoms with van der Waals surface area (Å²) in [5.41, 5.74) is 6.05. The molecule has 1 saturated heterocycles. The van der Waals surface area contributed by atoms with E-state index in [2.05, 4.69) is 5.32 Å². The van der Waals surface area contributed by atoms with Crippen LogP contribution in [0.3, 0.4) is 0 Å². The number of Topliss-reactive ketones (excluding diaryl/α,β-unsaturated/α-hetero) is 1. The van der Waals surface area contributed by atoms with Crippen molar-refractivity contribution in [3.8, 4) is 0 Å². The van der Waals surface area contributed by atoms with E-state index in [1.807, 2.05) is 0 Å². The van der Waals surface area contributed by atoms with Crippen molar-refractivity contribution < 1.29 is 14.3 Å². The summed E-state index contributed by atoms with van der Waals surface area (Å²) in [5.74, 6) is -0.509. The zero-order chi connectivity index (χ0) is 14.5. The number of carbonyl (C=O) groups excluding carboxylic acids is 2. The molecule has 2 aliphatic rings. The molecule has 20 heavy (non-hydrogen) atoms. The van der Waals surface area contributed by atoms with Crippen LogP contribution in [0, 0.1) is 11.8 Å². The highest BCUT2D eigenvalue weighted by atomic mass is 16.5. The van der Waals surface area contributed by atoms with Gasteiger partial charge in [-0.3, -0.25) is 9.59 Å². The molecule has 0 aromatic carbocycles. The Hall–Kier alpha value is -0.940. The van der Waals surface area contributed by atoms with Gasteiger partial charge < -0.3 is 15.8 Å². The molecule has 1 unspecified atom stereocenters. The minimum atomic E-state index is -0.821. The first-order valence-corrected chi connectivity index (χ1v) is 7.75. The van der Waals surface area contributed by atoms with E-state index in [-0.39, 0.29) is 17.7 Å². The maximum atomic E-state index is 12.8. The van der Waals surface area contributed by atoms with Crippen LogP contribution < -0.4 is 11.1 Å². The van der Waals surface area contributed by atoms with Crippen molar-refractivity contribution in [2.45, 2.75) is 57.0 Å². The minimum absolute atomic E-state index is 0.118. The SMILES string of the molecule is COC(=O)[C@H](N)C(C(=O)[C@H]1CCCN1)C1CCCCC1. The van der Waals surface area contributed by atoms with Crippen LogP contribution in [0.25, 0.3) is 0 Å². The first-order valence-electron chi connectivity index (χ1n) is 7.75. The molecule has 0 bridgehead atoms. The molecule has 0 radical (unpaired) electrons. The lowest BCUT2D eigenvalue weighted by molar-refractivity contribution is -0.147. The highest BCUT2D eigenvalue weighted by Crippen LogP contribution is 2.33. The Balaban J connectivity index is 2.13. The summed E-state index contributed by atoms with van der Waals surface area (Å²) in [7, 11) is 1.33. The van der Waals surface area contributed by atoms with Crippen molar-refractivity contribution in [2.75, 3.05) is 13.7 Å². The highest BCUT2D eigenvalue weighted by Gasteiger charge is 2.41. The number of ether oxygens (including phenoxy) is 1. The number of methoxy groups -OCH3 is 1. The van der Waals surface area contributed by atoms with Gasteiger partial charge in [0.25, 0.3) is 0 Å². The molecular formula is C15H26N2O3. The Morgan fingerprint density at radius 2 is 1.85 bits per heavy atom. The fourth-order valence-corrected chi connectivity index (χ4v) is 3.64. The van der Waals surface area contributed by atoms with Gasteiger partial charge in [0.1, 0.15) is 6.04 Å². The first-order chi connectivity index (χ1) is 9.65. The second-order valence-corrected chi connectivity index (χ2v) is 6.02. The second kappa shape index (κ2) is 7.18. The van der Waals surface area contributed by atoms with E-state index in [0.29, 0.717) is 0 Å². The quantitative estimate of drug-likeness (QED) is 0.735. The van der Waals surface area contributed by atoms with Gasteiger partial charge in [-0.15, -0.1) is 0 Å². The van der Waals surface area contributed by atoms with Crippen LogP contribution >= 0.6 is 0 Å².